The van der Waals surface area contributed by atoms with E-state index in [0.29, 0.717) is 18.9 Å². The van der Waals surface area contributed by atoms with Gasteiger partial charge in [-0.15, -0.1) is 10.2 Å². The first-order valence-corrected chi connectivity index (χ1v) is 4.29. The quantitative estimate of drug-likeness (QED) is 0.662. The van der Waals surface area contributed by atoms with Gasteiger partial charge < -0.3 is 5.11 Å². The number of aryl methyl sites for hydroxylation is 1. The molecule has 0 fully saturated rings. The number of aromatic nitrogens is 4. The summed E-state index contributed by atoms with van der Waals surface area (Å²) in [6.07, 6.45) is 0. The highest BCUT2D eigenvalue weighted by molar-refractivity contribution is 5.69. The number of nitrogens with zero attached hydrogens (tertiary/aromatic N) is 5. The third-order valence-corrected chi connectivity index (χ3v) is 1.72. The van der Waals surface area contributed by atoms with E-state index in [1.165, 1.54) is 4.80 Å². The molecule has 78 valence electrons. The van der Waals surface area contributed by atoms with Crippen LogP contribution in [0.15, 0.2) is 0 Å². The SMILES string of the molecule is CCN(CC(=O)O)Cc1nnn(C)n1. The van der Waals surface area contributed by atoms with E-state index in [1.807, 2.05) is 6.92 Å². The molecule has 1 aromatic heterocycles. The van der Waals surface area contributed by atoms with Gasteiger partial charge in [-0.25, -0.2) is 0 Å². The molecule has 1 aromatic rings. The van der Waals surface area contributed by atoms with E-state index in [9.17, 15) is 4.79 Å². The molecule has 0 spiro atoms. The summed E-state index contributed by atoms with van der Waals surface area (Å²) in [4.78, 5) is 13.5. The molecule has 0 amide bonds. The van der Waals surface area contributed by atoms with Gasteiger partial charge in [0.15, 0.2) is 5.82 Å². The molecular formula is C7H13N5O2. The van der Waals surface area contributed by atoms with Crippen molar-refractivity contribution in [3.63, 3.8) is 0 Å². The number of aliphatic carboxylic acids is 1. The predicted octanol–water partition coefficient (Wildman–Crippen LogP) is -0.883. The highest BCUT2D eigenvalue weighted by Crippen LogP contribution is 1.95. The molecule has 0 saturated carbocycles. The lowest BCUT2D eigenvalue weighted by molar-refractivity contribution is -0.138. The number of carboxylic acid groups (broad SMARTS) is 1. The molecule has 1 rings (SSSR count). The highest BCUT2D eigenvalue weighted by Gasteiger charge is 2.10. The minimum atomic E-state index is -0.851. The van der Waals surface area contributed by atoms with Gasteiger partial charge in [0, 0.05) is 0 Å². The van der Waals surface area contributed by atoms with Crippen LogP contribution >= 0.6 is 0 Å². The number of hydrogen-bond acceptors (Lipinski definition) is 5. The molecule has 1 heterocycles. The molecule has 0 radical (unpaired) electrons. The van der Waals surface area contributed by atoms with Crippen molar-refractivity contribution in [3.05, 3.63) is 5.82 Å². The molecule has 1 N–H and O–H groups in total. The van der Waals surface area contributed by atoms with E-state index in [0.717, 1.165) is 0 Å². The van der Waals surface area contributed by atoms with Gasteiger partial charge in [0.05, 0.1) is 20.1 Å². The Morgan fingerprint density at radius 3 is 2.79 bits per heavy atom. The van der Waals surface area contributed by atoms with Crippen molar-refractivity contribution in [2.45, 2.75) is 13.5 Å². The van der Waals surface area contributed by atoms with Gasteiger partial charge in [0.2, 0.25) is 0 Å². The lowest BCUT2D eigenvalue weighted by Gasteiger charge is -2.14. The van der Waals surface area contributed by atoms with E-state index in [2.05, 4.69) is 15.4 Å². The van der Waals surface area contributed by atoms with Crippen LogP contribution in [0.25, 0.3) is 0 Å². The molecule has 7 heteroatoms. The zero-order valence-corrected chi connectivity index (χ0v) is 8.21. The third kappa shape index (κ3) is 3.09. The summed E-state index contributed by atoms with van der Waals surface area (Å²) in [5.74, 6) is -0.314. The Bertz CT molecular complexity index is 311. The Labute approximate surface area is 81.3 Å². The van der Waals surface area contributed by atoms with E-state index in [1.54, 1.807) is 11.9 Å². The highest BCUT2D eigenvalue weighted by atomic mass is 16.4. The lowest BCUT2D eigenvalue weighted by Crippen LogP contribution is -2.29. The van der Waals surface area contributed by atoms with Crippen LogP contribution < -0.4 is 0 Å². The molecule has 0 unspecified atom stereocenters. The minimum Gasteiger partial charge on any atom is -0.480 e. The summed E-state index contributed by atoms with van der Waals surface area (Å²) in [6, 6.07) is 0. The fourth-order valence-corrected chi connectivity index (χ4v) is 1.06. The topological polar surface area (TPSA) is 84.1 Å². The standard InChI is InChI=1S/C7H13N5O2/c1-3-12(5-7(13)14)4-6-8-10-11(2)9-6/h3-5H2,1-2H3,(H,13,14). The average molecular weight is 199 g/mol. The molecule has 7 nitrogen and oxygen atoms in total. The van der Waals surface area contributed by atoms with Crippen molar-refractivity contribution < 1.29 is 9.90 Å². The summed E-state index contributed by atoms with van der Waals surface area (Å²) >= 11 is 0. The van der Waals surface area contributed by atoms with Crippen LogP contribution in [0.5, 0.6) is 0 Å². The van der Waals surface area contributed by atoms with Crippen LogP contribution in [0.2, 0.25) is 0 Å². The largest absolute Gasteiger partial charge is 0.480 e. The van der Waals surface area contributed by atoms with E-state index < -0.39 is 5.97 Å². The predicted molar refractivity (Wildman–Crippen MR) is 47.4 cm³/mol. The second-order valence-corrected chi connectivity index (χ2v) is 2.89. The van der Waals surface area contributed by atoms with Crippen LogP contribution in [0.4, 0.5) is 0 Å². The van der Waals surface area contributed by atoms with E-state index >= 15 is 0 Å². The summed E-state index contributed by atoms with van der Waals surface area (Å²) in [6.45, 7) is 2.94. The van der Waals surface area contributed by atoms with Crippen molar-refractivity contribution in [2.75, 3.05) is 13.1 Å². The van der Waals surface area contributed by atoms with Gasteiger partial charge in [-0.3, -0.25) is 9.69 Å². The summed E-state index contributed by atoms with van der Waals surface area (Å²) in [5.41, 5.74) is 0. The Morgan fingerprint density at radius 1 is 1.64 bits per heavy atom. The van der Waals surface area contributed by atoms with Gasteiger partial charge in [0.25, 0.3) is 0 Å². The molecule has 0 aliphatic carbocycles. The van der Waals surface area contributed by atoms with Crippen LogP contribution in [0, 0.1) is 0 Å². The van der Waals surface area contributed by atoms with Gasteiger partial charge in [0.1, 0.15) is 0 Å². The lowest BCUT2D eigenvalue weighted by atomic mass is 10.4. The average Bonchev–Trinajstić information content (AvgIpc) is 2.49. The molecule has 0 aliphatic heterocycles. The first-order chi connectivity index (χ1) is 6.61. The van der Waals surface area contributed by atoms with Crippen molar-refractivity contribution in [1.82, 2.24) is 25.1 Å². The Hall–Kier alpha value is -1.50. The number of likely N-dealkylation sites (N-methyl/N-ethyl adjacent to an activating group) is 1. The Kier molecular flexibility index (Phi) is 3.52. The van der Waals surface area contributed by atoms with Crippen molar-refractivity contribution in [1.29, 1.82) is 0 Å². The van der Waals surface area contributed by atoms with Gasteiger partial charge in [-0.1, -0.05) is 6.92 Å². The summed E-state index contributed by atoms with van der Waals surface area (Å²) in [7, 11) is 1.67. The molecule has 0 atom stereocenters. The normalized spacial score (nSPS) is 10.8. The summed E-state index contributed by atoms with van der Waals surface area (Å²) in [5, 5.41) is 20.0. The smallest absolute Gasteiger partial charge is 0.317 e. The maximum absolute atomic E-state index is 10.5. The van der Waals surface area contributed by atoms with Crippen LogP contribution in [0.3, 0.4) is 0 Å². The fraction of sp³-hybridized carbons (Fsp3) is 0.714. The molecule has 0 bridgehead atoms. The van der Waals surface area contributed by atoms with E-state index in [4.69, 9.17) is 5.11 Å². The maximum atomic E-state index is 10.5. The van der Waals surface area contributed by atoms with Gasteiger partial charge in [-0.2, -0.15) is 4.80 Å². The monoisotopic (exact) mass is 199 g/mol. The molecular weight excluding hydrogens is 186 g/mol. The molecule has 0 saturated heterocycles. The maximum Gasteiger partial charge on any atom is 0.317 e. The second kappa shape index (κ2) is 4.66. The zero-order valence-electron chi connectivity index (χ0n) is 8.21. The number of carboxylic acids is 1. The van der Waals surface area contributed by atoms with Crippen molar-refractivity contribution in [2.24, 2.45) is 7.05 Å². The number of hydrogen-bond donors (Lipinski definition) is 1. The Morgan fingerprint density at radius 2 is 2.36 bits per heavy atom. The van der Waals surface area contributed by atoms with Gasteiger partial charge >= 0.3 is 5.97 Å². The molecule has 14 heavy (non-hydrogen) atoms. The number of tetrazole rings is 1. The van der Waals surface area contributed by atoms with Crippen LogP contribution in [-0.4, -0.2) is 49.3 Å². The van der Waals surface area contributed by atoms with E-state index in [-0.39, 0.29) is 6.54 Å². The first-order valence-electron chi connectivity index (χ1n) is 4.29. The minimum absolute atomic E-state index is 0.00520. The third-order valence-electron chi connectivity index (χ3n) is 1.72. The zero-order chi connectivity index (χ0) is 10.6. The fourth-order valence-electron chi connectivity index (χ4n) is 1.06. The van der Waals surface area contributed by atoms with Crippen molar-refractivity contribution in [3.8, 4) is 0 Å². The molecule has 0 aromatic carbocycles. The van der Waals surface area contributed by atoms with Crippen molar-refractivity contribution >= 4 is 5.97 Å². The second-order valence-electron chi connectivity index (χ2n) is 2.89. The van der Waals surface area contributed by atoms with Gasteiger partial charge in [-0.05, 0) is 11.8 Å². The Balaban J connectivity index is 2.52. The van der Waals surface area contributed by atoms with Crippen LogP contribution in [-0.2, 0) is 18.4 Å². The summed E-state index contributed by atoms with van der Waals surface area (Å²) < 4.78 is 0. The molecule has 0 aliphatic rings. The first kappa shape index (κ1) is 10.6. The van der Waals surface area contributed by atoms with Crippen LogP contribution in [0.1, 0.15) is 12.7 Å². The number of carbonyl (C=O) groups is 1. The number of rotatable bonds is 5.